The molecule has 1 aromatic carbocycles. The van der Waals surface area contributed by atoms with E-state index in [0.29, 0.717) is 5.41 Å². The number of carbonyl (C=O) groups excluding carboxylic acids is 1. The van der Waals surface area contributed by atoms with E-state index in [1.54, 1.807) is 5.57 Å². The van der Waals surface area contributed by atoms with Gasteiger partial charge < -0.3 is 0 Å². The third kappa shape index (κ3) is 3.29. The molecule has 0 aromatic heterocycles. The SMILES string of the molecule is CC1(C)CCC(=Cc2ccc(C=O)cc2)CC1. The minimum absolute atomic E-state index is 0.513. The number of hydrogen-bond acceptors (Lipinski definition) is 1. The summed E-state index contributed by atoms with van der Waals surface area (Å²) in [7, 11) is 0. The van der Waals surface area contributed by atoms with E-state index in [-0.39, 0.29) is 0 Å². The van der Waals surface area contributed by atoms with Crippen molar-refractivity contribution >= 4 is 12.4 Å². The summed E-state index contributed by atoms with van der Waals surface area (Å²) in [5, 5.41) is 0. The van der Waals surface area contributed by atoms with Crippen LogP contribution in [-0.2, 0) is 0 Å². The molecule has 0 radical (unpaired) electrons. The molecule has 0 unspecified atom stereocenters. The molecule has 0 N–H and O–H groups in total. The molecular formula is C16H20O. The van der Waals surface area contributed by atoms with Crippen LogP contribution in [0.3, 0.4) is 0 Å². The van der Waals surface area contributed by atoms with Crippen molar-refractivity contribution in [1.29, 1.82) is 0 Å². The molecule has 1 heteroatoms. The normalized spacial score (nSPS) is 18.8. The number of allylic oxidation sites excluding steroid dienone is 1. The number of carbonyl (C=O) groups is 1. The van der Waals surface area contributed by atoms with Gasteiger partial charge in [-0.05, 0) is 36.7 Å². The van der Waals surface area contributed by atoms with E-state index >= 15 is 0 Å². The summed E-state index contributed by atoms with van der Waals surface area (Å²) in [6.07, 6.45) is 8.16. The average molecular weight is 228 g/mol. The second kappa shape index (κ2) is 4.87. The molecule has 1 nitrogen and oxygen atoms in total. The van der Waals surface area contributed by atoms with Crippen LogP contribution in [0.4, 0.5) is 0 Å². The Kier molecular flexibility index (Phi) is 3.46. The summed E-state index contributed by atoms with van der Waals surface area (Å²) in [5.41, 5.74) is 4.02. The summed E-state index contributed by atoms with van der Waals surface area (Å²) in [6, 6.07) is 7.81. The Balaban J connectivity index is 2.06. The lowest BCUT2D eigenvalue weighted by Gasteiger charge is -2.30. The molecule has 1 fully saturated rings. The third-order valence-corrected chi connectivity index (χ3v) is 3.69. The fraction of sp³-hybridized carbons (Fsp3) is 0.438. The Morgan fingerprint density at radius 1 is 1.00 bits per heavy atom. The van der Waals surface area contributed by atoms with Crippen molar-refractivity contribution in [1.82, 2.24) is 0 Å². The zero-order valence-electron chi connectivity index (χ0n) is 10.7. The van der Waals surface area contributed by atoms with E-state index in [9.17, 15) is 4.79 Å². The van der Waals surface area contributed by atoms with E-state index in [0.717, 1.165) is 11.8 Å². The van der Waals surface area contributed by atoms with Crippen molar-refractivity contribution in [2.24, 2.45) is 5.41 Å². The molecule has 0 heterocycles. The van der Waals surface area contributed by atoms with Crippen molar-refractivity contribution in [2.45, 2.75) is 39.5 Å². The smallest absolute Gasteiger partial charge is 0.150 e. The van der Waals surface area contributed by atoms with Crippen molar-refractivity contribution < 1.29 is 4.79 Å². The van der Waals surface area contributed by atoms with Crippen molar-refractivity contribution in [3.8, 4) is 0 Å². The first kappa shape index (κ1) is 12.1. The number of hydrogen-bond donors (Lipinski definition) is 0. The number of benzene rings is 1. The van der Waals surface area contributed by atoms with Gasteiger partial charge in [0.25, 0.3) is 0 Å². The maximum absolute atomic E-state index is 10.6. The molecule has 0 saturated heterocycles. The molecule has 1 saturated carbocycles. The predicted molar refractivity (Wildman–Crippen MR) is 72.1 cm³/mol. The monoisotopic (exact) mass is 228 g/mol. The molecule has 2 rings (SSSR count). The van der Waals surface area contributed by atoms with Crippen LogP contribution >= 0.6 is 0 Å². The number of rotatable bonds is 2. The molecule has 0 atom stereocenters. The van der Waals surface area contributed by atoms with Gasteiger partial charge in [-0.3, -0.25) is 4.79 Å². The quantitative estimate of drug-likeness (QED) is 0.682. The molecule has 1 aliphatic carbocycles. The molecule has 0 spiro atoms. The molecule has 0 amide bonds. The minimum Gasteiger partial charge on any atom is -0.298 e. The van der Waals surface area contributed by atoms with E-state index in [1.807, 2.05) is 24.3 Å². The Labute approximate surface area is 104 Å². The van der Waals surface area contributed by atoms with Crippen LogP contribution in [-0.4, -0.2) is 6.29 Å². The zero-order valence-corrected chi connectivity index (χ0v) is 10.7. The Hall–Kier alpha value is -1.37. The van der Waals surface area contributed by atoms with Crippen LogP contribution < -0.4 is 0 Å². The molecule has 0 bridgehead atoms. The van der Waals surface area contributed by atoms with Crippen LogP contribution in [0.5, 0.6) is 0 Å². The molecule has 90 valence electrons. The van der Waals surface area contributed by atoms with Gasteiger partial charge in [-0.25, -0.2) is 0 Å². The highest BCUT2D eigenvalue weighted by Gasteiger charge is 2.22. The summed E-state index contributed by atoms with van der Waals surface area (Å²) in [4.78, 5) is 10.6. The maximum atomic E-state index is 10.6. The van der Waals surface area contributed by atoms with Gasteiger partial charge in [0.2, 0.25) is 0 Å². The molecular weight excluding hydrogens is 208 g/mol. The van der Waals surface area contributed by atoms with Gasteiger partial charge in [0.05, 0.1) is 0 Å². The Morgan fingerprint density at radius 2 is 1.53 bits per heavy atom. The van der Waals surface area contributed by atoms with E-state index in [4.69, 9.17) is 0 Å². The van der Waals surface area contributed by atoms with Crippen molar-refractivity contribution in [3.63, 3.8) is 0 Å². The summed E-state index contributed by atoms with van der Waals surface area (Å²) in [5.74, 6) is 0. The summed E-state index contributed by atoms with van der Waals surface area (Å²) >= 11 is 0. The lowest BCUT2D eigenvalue weighted by atomic mass is 9.75. The van der Waals surface area contributed by atoms with Gasteiger partial charge in [-0.2, -0.15) is 0 Å². The van der Waals surface area contributed by atoms with Gasteiger partial charge in [-0.1, -0.05) is 49.8 Å². The highest BCUT2D eigenvalue weighted by molar-refractivity contribution is 5.75. The first-order chi connectivity index (χ1) is 8.09. The predicted octanol–water partition coefficient (Wildman–Crippen LogP) is 4.48. The van der Waals surface area contributed by atoms with Gasteiger partial charge in [0.15, 0.2) is 0 Å². The Bertz CT molecular complexity index is 411. The van der Waals surface area contributed by atoms with Gasteiger partial charge in [0.1, 0.15) is 6.29 Å². The van der Waals surface area contributed by atoms with Crippen LogP contribution in [0.25, 0.3) is 6.08 Å². The molecule has 1 aromatic rings. The summed E-state index contributed by atoms with van der Waals surface area (Å²) in [6.45, 7) is 4.70. The highest BCUT2D eigenvalue weighted by atomic mass is 16.1. The van der Waals surface area contributed by atoms with E-state index in [1.165, 1.54) is 31.2 Å². The Morgan fingerprint density at radius 3 is 2.06 bits per heavy atom. The fourth-order valence-corrected chi connectivity index (χ4v) is 2.30. The highest BCUT2D eigenvalue weighted by Crippen LogP contribution is 2.38. The second-order valence-electron chi connectivity index (χ2n) is 5.75. The van der Waals surface area contributed by atoms with Gasteiger partial charge in [-0.15, -0.1) is 0 Å². The van der Waals surface area contributed by atoms with E-state index < -0.39 is 0 Å². The second-order valence-corrected chi connectivity index (χ2v) is 5.75. The van der Waals surface area contributed by atoms with Crippen LogP contribution in [0.15, 0.2) is 29.8 Å². The van der Waals surface area contributed by atoms with E-state index in [2.05, 4.69) is 19.9 Å². The lowest BCUT2D eigenvalue weighted by molar-refractivity contribution is 0.112. The first-order valence-electron chi connectivity index (χ1n) is 6.34. The van der Waals surface area contributed by atoms with Crippen LogP contribution in [0, 0.1) is 5.41 Å². The van der Waals surface area contributed by atoms with Crippen molar-refractivity contribution in [2.75, 3.05) is 0 Å². The zero-order chi connectivity index (χ0) is 12.3. The molecule has 17 heavy (non-hydrogen) atoms. The number of aldehydes is 1. The van der Waals surface area contributed by atoms with Crippen LogP contribution in [0.2, 0.25) is 0 Å². The topological polar surface area (TPSA) is 17.1 Å². The third-order valence-electron chi connectivity index (χ3n) is 3.69. The fourth-order valence-electron chi connectivity index (χ4n) is 2.30. The van der Waals surface area contributed by atoms with Crippen molar-refractivity contribution in [3.05, 3.63) is 41.0 Å². The summed E-state index contributed by atoms with van der Waals surface area (Å²) < 4.78 is 0. The average Bonchev–Trinajstić information content (AvgIpc) is 2.33. The van der Waals surface area contributed by atoms with Gasteiger partial charge >= 0.3 is 0 Å². The largest absolute Gasteiger partial charge is 0.298 e. The first-order valence-corrected chi connectivity index (χ1v) is 6.34. The lowest BCUT2D eigenvalue weighted by Crippen LogP contribution is -2.16. The van der Waals surface area contributed by atoms with Gasteiger partial charge in [0, 0.05) is 5.56 Å². The molecule has 0 aliphatic heterocycles. The van der Waals surface area contributed by atoms with Crippen LogP contribution in [0.1, 0.15) is 55.5 Å². The molecule has 1 aliphatic rings. The minimum atomic E-state index is 0.513. The standard InChI is InChI=1S/C16H20O/c1-16(2)9-7-14(8-10-16)11-13-3-5-15(12-17)6-4-13/h3-6,11-12H,7-10H2,1-2H3. The maximum Gasteiger partial charge on any atom is 0.150 e.